The standard InChI is InChI=1S/C14H24N2O/c1-9-5-6-13(7-10(9)2)15-8-14-16-11(3)12(4)17-14/h9-10,13,15H,5-8H2,1-4H3. The first-order chi connectivity index (χ1) is 8.06. The predicted molar refractivity (Wildman–Crippen MR) is 68.8 cm³/mol. The van der Waals surface area contributed by atoms with Gasteiger partial charge >= 0.3 is 0 Å². The van der Waals surface area contributed by atoms with Crippen LogP contribution in [0.5, 0.6) is 0 Å². The highest BCUT2D eigenvalue weighted by Crippen LogP contribution is 2.29. The van der Waals surface area contributed by atoms with Crippen LogP contribution in [0.3, 0.4) is 0 Å². The van der Waals surface area contributed by atoms with E-state index in [1.165, 1.54) is 19.3 Å². The molecule has 1 aliphatic carbocycles. The number of nitrogens with zero attached hydrogens (tertiary/aromatic N) is 1. The summed E-state index contributed by atoms with van der Waals surface area (Å²) in [7, 11) is 0. The summed E-state index contributed by atoms with van der Waals surface area (Å²) in [5.74, 6) is 3.47. The zero-order chi connectivity index (χ0) is 12.4. The predicted octanol–water partition coefficient (Wildman–Crippen LogP) is 3.21. The van der Waals surface area contributed by atoms with Gasteiger partial charge in [-0.25, -0.2) is 4.98 Å². The molecule has 0 saturated heterocycles. The maximum atomic E-state index is 5.58. The molecule has 1 fully saturated rings. The summed E-state index contributed by atoms with van der Waals surface area (Å²) in [5.41, 5.74) is 1.01. The van der Waals surface area contributed by atoms with Crippen LogP contribution >= 0.6 is 0 Å². The van der Waals surface area contributed by atoms with Crippen LogP contribution in [0.2, 0.25) is 0 Å². The van der Waals surface area contributed by atoms with Gasteiger partial charge in [-0.1, -0.05) is 13.8 Å². The Morgan fingerprint density at radius 1 is 1.24 bits per heavy atom. The molecule has 0 spiro atoms. The quantitative estimate of drug-likeness (QED) is 0.875. The lowest BCUT2D eigenvalue weighted by Gasteiger charge is -2.32. The van der Waals surface area contributed by atoms with E-state index in [4.69, 9.17) is 4.42 Å². The van der Waals surface area contributed by atoms with Crippen LogP contribution in [-0.4, -0.2) is 11.0 Å². The molecular weight excluding hydrogens is 212 g/mol. The Kier molecular flexibility index (Phi) is 3.87. The zero-order valence-corrected chi connectivity index (χ0v) is 11.4. The van der Waals surface area contributed by atoms with Crippen LogP contribution < -0.4 is 5.32 Å². The smallest absolute Gasteiger partial charge is 0.208 e. The van der Waals surface area contributed by atoms with Gasteiger partial charge in [0.05, 0.1) is 12.2 Å². The summed E-state index contributed by atoms with van der Waals surface area (Å²) in [6.07, 6.45) is 3.90. The van der Waals surface area contributed by atoms with Crippen LogP contribution in [0.1, 0.15) is 50.5 Å². The molecule has 3 atom stereocenters. The maximum absolute atomic E-state index is 5.58. The van der Waals surface area contributed by atoms with E-state index in [2.05, 4.69) is 24.1 Å². The molecule has 1 N–H and O–H groups in total. The fourth-order valence-corrected chi connectivity index (χ4v) is 2.58. The molecule has 3 nitrogen and oxygen atoms in total. The molecule has 1 aromatic heterocycles. The Balaban J connectivity index is 1.82. The Labute approximate surface area is 104 Å². The van der Waals surface area contributed by atoms with Crippen molar-refractivity contribution in [1.82, 2.24) is 10.3 Å². The summed E-state index contributed by atoms with van der Waals surface area (Å²) >= 11 is 0. The van der Waals surface area contributed by atoms with Gasteiger partial charge < -0.3 is 9.73 Å². The van der Waals surface area contributed by atoms with Crippen molar-refractivity contribution in [2.75, 3.05) is 0 Å². The molecule has 0 radical (unpaired) electrons. The average Bonchev–Trinajstić information content (AvgIpc) is 2.60. The minimum absolute atomic E-state index is 0.633. The number of aromatic nitrogens is 1. The van der Waals surface area contributed by atoms with Crippen LogP contribution in [-0.2, 0) is 6.54 Å². The van der Waals surface area contributed by atoms with E-state index in [0.29, 0.717) is 6.04 Å². The van der Waals surface area contributed by atoms with Gasteiger partial charge in [-0.15, -0.1) is 0 Å². The van der Waals surface area contributed by atoms with E-state index in [9.17, 15) is 0 Å². The van der Waals surface area contributed by atoms with Crippen molar-refractivity contribution >= 4 is 0 Å². The first-order valence-electron chi connectivity index (χ1n) is 6.72. The first kappa shape index (κ1) is 12.6. The van der Waals surface area contributed by atoms with Crippen molar-refractivity contribution in [1.29, 1.82) is 0 Å². The summed E-state index contributed by atoms with van der Waals surface area (Å²) in [4.78, 5) is 4.40. The van der Waals surface area contributed by atoms with Crippen molar-refractivity contribution in [3.05, 3.63) is 17.3 Å². The number of hydrogen-bond acceptors (Lipinski definition) is 3. The summed E-state index contributed by atoms with van der Waals surface area (Å²) in [5, 5.41) is 3.57. The van der Waals surface area contributed by atoms with Gasteiger partial charge in [-0.3, -0.25) is 0 Å². The molecule has 17 heavy (non-hydrogen) atoms. The zero-order valence-electron chi connectivity index (χ0n) is 11.4. The molecule has 2 rings (SSSR count). The number of hydrogen-bond donors (Lipinski definition) is 1. The molecule has 1 aromatic rings. The third-order valence-corrected chi connectivity index (χ3v) is 4.21. The van der Waals surface area contributed by atoms with Gasteiger partial charge in [-0.2, -0.15) is 0 Å². The molecule has 96 valence electrons. The van der Waals surface area contributed by atoms with Gasteiger partial charge in [0.25, 0.3) is 0 Å². The van der Waals surface area contributed by atoms with E-state index in [0.717, 1.165) is 35.7 Å². The van der Waals surface area contributed by atoms with Crippen LogP contribution in [0.15, 0.2) is 4.42 Å². The largest absolute Gasteiger partial charge is 0.444 e. The Bertz CT molecular complexity index is 353. The monoisotopic (exact) mass is 236 g/mol. The van der Waals surface area contributed by atoms with Gasteiger partial charge in [0.15, 0.2) is 0 Å². The van der Waals surface area contributed by atoms with Crippen molar-refractivity contribution in [3.63, 3.8) is 0 Å². The molecule has 3 heteroatoms. The fourth-order valence-electron chi connectivity index (χ4n) is 2.58. The van der Waals surface area contributed by atoms with Gasteiger partial charge in [0, 0.05) is 6.04 Å². The molecule has 1 saturated carbocycles. The lowest BCUT2D eigenvalue weighted by Crippen LogP contribution is -2.35. The molecule has 0 aromatic carbocycles. The van der Waals surface area contributed by atoms with Gasteiger partial charge in [0.1, 0.15) is 5.76 Å². The molecule has 0 amide bonds. The van der Waals surface area contributed by atoms with Crippen molar-refractivity contribution in [3.8, 4) is 0 Å². The number of aryl methyl sites for hydroxylation is 2. The molecule has 1 aliphatic rings. The van der Waals surface area contributed by atoms with Crippen LogP contribution in [0.25, 0.3) is 0 Å². The van der Waals surface area contributed by atoms with Gasteiger partial charge in [0.2, 0.25) is 5.89 Å². The SMILES string of the molecule is Cc1nc(CNC2CCC(C)C(C)C2)oc1C. The second kappa shape index (κ2) is 5.21. The number of nitrogens with one attached hydrogen (secondary N) is 1. The molecular formula is C14H24N2O. The van der Waals surface area contributed by atoms with E-state index in [1.807, 2.05) is 13.8 Å². The topological polar surface area (TPSA) is 38.1 Å². The van der Waals surface area contributed by atoms with Gasteiger partial charge in [-0.05, 0) is 44.9 Å². The van der Waals surface area contributed by atoms with Crippen molar-refractivity contribution in [2.24, 2.45) is 11.8 Å². The normalized spacial score (nSPS) is 29.5. The van der Waals surface area contributed by atoms with E-state index < -0.39 is 0 Å². The minimum atomic E-state index is 0.633. The Hall–Kier alpha value is -0.830. The molecule has 0 aliphatic heterocycles. The molecule has 1 heterocycles. The average molecular weight is 236 g/mol. The third kappa shape index (κ3) is 3.09. The second-order valence-electron chi connectivity index (χ2n) is 5.59. The molecule has 0 bridgehead atoms. The molecule has 3 unspecified atom stereocenters. The highest BCUT2D eigenvalue weighted by Gasteiger charge is 2.24. The summed E-state index contributed by atoms with van der Waals surface area (Å²) < 4.78 is 5.58. The lowest BCUT2D eigenvalue weighted by atomic mass is 9.79. The number of rotatable bonds is 3. The third-order valence-electron chi connectivity index (χ3n) is 4.21. The lowest BCUT2D eigenvalue weighted by molar-refractivity contribution is 0.222. The van der Waals surface area contributed by atoms with E-state index in [-0.39, 0.29) is 0 Å². The second-order valence-corrected chi connectivity index (χ2v) is 5.59. The Morgan fingerprint density at radius 3 is 2.59 bits per heavy atom. The van der Waals surface area contributed by atoms with Crippen molar-refractivity contribution < 1.29 is 4.42 Å². The van der Waals surface area contributed by atoms with Crippen LogP contribution in [0, 0.1) is 25.7 Å². The number of oxazole rings is 1. The highest BCUT2D eigenvalue weighted by molar-refractivity contribution is 5.05. The minimum Gasteiger partial charge on any atom is -0.444 e. The summed E-state index contributed by atoms with van der Waals surface area (Å²) in [6.45, 7) is 9.45. The maximum Gasteiger partial charge on any atom is 0.208 e. The fraction of sp³-hybridized carbons (Fsp3) is 0.786. The first-order valence-corrected chi connectivity index (χ1v) is 6.72. The van der Waals surface area contributed by atoms with Crippen molar-refractivity contribution in [2.45, 2.75) is 59.5 Å². The van der Waals surface area contributed by atoms with E-state index in [1.54, 1.807) is 0 Å². The summed E-state index contributed by atoms with van der Waals surface area (Å²) in [6, 6.07) is 0.633. The Morgan fingerprint density at radius 2 is 2.00 bits per heavy atom. The highest BCUT2D eigenvalue weighted by atomic mass is 16.4. The van der Waals surface area contributed by atoms with Crippen LogP contribution in [0.4, 0.5) is 0 Å². The van der Waals surface area contributed by atoms with E-state index >= 15 is 0 Å².